The Morgan fingerprint density at radius 1 is 1.26 bits per heavy atom. The number of nitriles is 1. The highest BCUT2D eigenvalue weighted by Gasteiger charge is 2.36. The van der Waals surface area contributed by atoms with Crippen molar-refractivity contribution >= 4 is 5.65 Å². The van der Waals surface area contributed by atoms with Crippen molar-refractivity contribution in [2.75, 3.05) is 20.8 Å². The summed E-state index contributed by atoms with van der Waals surface area (Å²) in [6, 6.07) is 11.6. The Labute approximate surface area is 182 Å². The summed E-state index contributed by atoms with van der Waals surface area (Å²) in [6.45, 7) is 2.56. The second kappa shape index (κ2) is 8.48. The van der Waals surface area contributed by atoms with Crippen LogP contribution in [-0.4, -0.2) is 35.8 Å². The van der Waals surface area contributed by atoms with Crippen molar-refractivity contribution in [3.63, 3.8) is 0 Å². The van der Waals surface area contributed by atoms with Gasteiger partial charge in [0.25, 0.3) is 0 Å². The van der Waals surface area contributed by atoms with Gasteiger partial charge < -0.3 is 19.9 Å². The van der Waals surface area contributed by atoms with E-state index in [1.807, 2.05) is 34.7 Å². The maximum atomic E-state index is 9.76. The van der Waals surface area contributed by atoms with E-state index in [9.17, 15) is 5.26 Å². The Bertz CT molecular complexity index is 1130. The predicted molar refractivity (Wildman–Crippen MR) is 118 cm³/mol. The SMILES string of the molecule is CC[C@H]1CC[C@](N)(COc2cc(-c3cnc4cccc(OC)n34)cc(OC)c2C#N)C1. The molecule has 4 rings (SSSR count). The van der Waals surface area contributed by atoms with Crippen LogP contribution in [-0.2, 0) is 0 Å². The van der Waals surface area contributed by atoms with Crippen molar-refractivity contribution < 1.29 is 14.2 Å². The monoisotopic (exact) mass is 420 g/mol. The molecule has 2 N–H and O–H groups in total. The molecule has 162 valence electrons. The number of aromatic nitrogens is 2. The Balaban J connectivity index is 1.74. The lowest BCUT2D eigenvalue weighted by atomic mass is 9.97. The molecule has 7 nitrogen and oxygen atoms in total. The van der Waals surface area contributed by atoms with Crippen LogP contribution in [0.15, 0.2) is 36.5 Å². The molecule has 7 heteroatoms. The van der Waals surface area contributed by atoms with Gasteiger partial charge in [0.2, 0.25) is 0 Å². The van der Waals surface area contributed by atoms with Gasteiger partial charge in [-0.3, -0.25) is 4.40 Å². The fourth-order valence-corrected chi connectivity index (χ4v) is 4.46. The molecule has 0 unspecified atom stereocenters. The lowest BCUT2D eigenvalue weighted by Gasteiger charge is -2.25. The molecule has 1 aromatic carbocycles. The van der Waals surface area contributed by atoms with Crippen LogP contribution in [0.25, 0.3) is 16.9 Å². The number of benzene rings is 1. The highest BCUT2D eigenvalue weighted by atomic mass is 16.5. The van der Waals surface area contributed by atoms with E-state index in [4.69, 9.17) is 19.9 Å². The number of nitrogens with two attached hydrogens (primary N) is 1. The average Bonchev–Trinajstić information content (AvgIpc) is 3.40. The Kier molecular flexibility index (Phi) is 5.75. The summed E-state index contributed by atoms with van der Waals surface area (Å²) < 4.78 is 19.1. The molecule has 0 radical (unpaired) electrons. The highest BCUT2D eigenvalue weighted by molar-refractivity contribution is 5.71. The lowest BCUT2D eigenvalue weighted by molar-refractivity contribution is 0.214. The molecule has 2 heterocycles. The van der Waals surface area contributed by atoms with Gasteiger partial charge in [0.15, 0.2) is 5.88 Å². The maximum absolute atomic E-state index is 9.76. The molecule has 31 heavy (non-hydrogen) atoms. The number of ether oxygens (including phenoxy) is 3. The zero-order valence-corrected chi connectivity index (χ0v) is 18.2. The van der Waals surface area contributed by atoms with Gasteiger partial charge in [0, 0.05) is 5.56 Å². The maximum Gasteiger partial charge on any atom is 0.199 e. The van der Waals surface area contributed by atoms with E-state index in [1.54, 1.807) is 20.4 Å². The van der Waals surface area contributed by atoms with E-state index < -0.39 is 0 Å². The molecule has 1 fully saturated rings. The van der Waals surface area contributed by atoms with E-state index in [2.05, 4.69) is 18.0 Å². The Hall–Kier alpha value is -3.24. The summed E-state index contributed by atoms with van der Waals surface area (Å²) in [5.41, 5.74) is 8.99. The standard InChI is InChI=1S/C24H28N4O3/c1-4-16-8-9-24(26,12-16)15-31-21-11-17(10-20(29-2)18(21)13-25)19-14-27-22-6-5-7-23(30-3)28(19)22/h5-7,10-11,14,16H,4,8-9,12,15,26H2,1-3H3/t16-,24+/m0/s1. The highest BCUT2D eigenvalue weighted by Crippen LogP contribution is 2.38. The van der Waals surface area contributed by atoms with Gasteiger partial charge >= 0.3 is 0 Å². The number of hydrogen-bond acceptors (Lipinski definition) is 6. The van der Waals surface area contributed by atoms with E-state index in [1.165, 1.54) is 0 Å². The normalized spacial score (nSPS) is 20.5. The van der Waals surface area contributed by atoms with Gasteiger partial charge in [0.05, 0.1) is 31.6 Å². The molecule has 0 amide bonds. The zero-order valence-electron chi connectivity index (χ0n) is 18.2. The summed E-state index contributed by atoms with van der Waals surface area (Å²) in [5, 5.41) is 9.76. The summed E-state index contributed by atoms with van der Waals surface area (Å²) in [4.78, 5) is 4.49. The van der Waals surface area contributed by atoms with Gasteiger partial charge in [-0.05, 0) is 49.4 Å². The zero-order chi connectivity index (χ0) is 22.0. The molecule has 2 atom stereocenters. The molecule has 3 aromatic rings. The number of hydrogen-bond donors (Lipinski definition) is 1. The number of fused-ring (bicyclic) bond motifs is 1. The minimum atomic E-state index is -0.372. The third-order valence-corrected chi connectivity index (χ3v) is 6.23. The van der Waals surface area contributed by atoms with Crippen molar-refractivity contribution in [1.29, 1.82) is 5.26 Å². The summed E-state index contributed by atoms with van der Waals surface area (Å²) in [5.74, 6) is 2.21. The smallest absolute Gasteiger partial charge is 0.199 e. The topological polar surface area (TPSA) is 94.8 Å². The molecule has 0 saturated heterocycles. The van der Waals surface area contributed by atoms with E-state index in [-0.39, 0.29) is 5.54 Å². The molecule has 0 spiro atoms. The first kappa shape index (κ1) is 21.0. The minimum Gasteiger partial charge on any atom is -0.495 e. The molecule has 0 bridgehead atoms. The fourth-order valence-electron chi connectivity index (χ4n) is 4.46. The number of methoxy groups -OCH3 is 2. The number of pyridine rings is 1. The van der Waals surface area contributed by atoms with Crippen LogP contribution in [0.1, 0.15) is 38.2 Å². The van der Waals surface area contributed by atoms with Crippen molar-refractivity contribution in [3.05, 3.63) is 42.1 Å². The Morgan fingerprint density at radius 2 is 2.06 bits per heavy atom. The molecule has 1 saturated carbocycles. The first-order chi connectivity index (χ1) is 15.0. The molecular formula is C24H28N4O3. The number of imidazole rings is 1. The van der Waals surface area contributed by atoms with Crippen molar-refractivity contribution in [3.8, 4) is 34.7 Å². The van der Waals surface area contributed by atoms with E-state index in [0.717, 1.165) is 42.6 Å². The second-order valence-corrected chi connectivity index (χ2v) is 8.24. The predicted octanol–water partition coefficient (Wildman–Crippen LogP) is 4.18. The second-order valence-electron chi connectivity index (χ2n) is 8.24. The van der Waals surface area contributed by atoms with E-state index >= 15 is 0 Å². The minimum absolute atomic E-state index is 0.362. The van der Waals surface area contributed by atoms with Gasteiger partial charge in [-0.1, -0.05) is 19.4 Å². The molecule has 0 aliphatic heterocycles. The van der Waals surface area contributed by atoms with Crippen LogP contribution < -0.4 is 19.9 Å². The van der Waals surface area contributed by atoms with E-state index in [0.29, 0.717) is 35.5 Å². The summed E-state index contributed by atoms with van der Waals surface area (Å²) in [6.07, 6.45) is 5.88. The lowest BCUT2D eigenvalue weighted by Crippen LogP contribution is -2.43. The first-order valence-corrected chi connectivity index (χ1v) is 10.6. The molecule has 2 aromatic heterocycles. The quantitative estimate of drug-likeness (QED) is 0.616. The Morgan fingerprint density at radius 3 is 2.74 bits per heavy atom. The molecular weight excluding hydrogens is 392 g/mol. The summed E-state index contributed by atoms with van der Waals surface area (Å²) in [7, 11) is 3.17. The third kappa shape index (κ3) is 3.91. The number of nitrogens with zero attached hydrogens (tertiary/aromatic N) is 3. The van der Waals surface area contributed by atoms with Crippen LogP contribution in [0, 0.1) is 17.2 Å². The van der Waals surface area contributed by atoms with Crippen LogP contribution in [0.3, 0.4) is 0 Å². The van der Waals surface area contributed by atoms with Gasteiger partial charge in [-0.25, -0.2) is 4.98 Å². The average molecular weight is 421 g/mol. The van der Waals surface area contributed by atoms with Crippen molar-refractivity contribution in [2.24, 2.45) is 11.7 Å². The van der Waals surface area contributed by atoms with Crippen LogP contribution in [0.2, 0.25) is 0 Å². The fraction of sp³-hybridized carbons (Fsp3) is 0.417. The van der Waals surface area contributed by atoms with Crippen LogP contribution in [0.5, 0.6) is 17.4 Å². The van der Waals surface area contributed by atoms with Crippen molar-refractivity contribution in [1.82, 2.24) is 9.38 Å². The largest absolute Gasteiger partial charge is 0.495 e. The van der Waals surface area contributed by atoms with Gasteiger partial charge in [-0.2, -0.15) is 5.26 Å². The van der Waals surface area contributed by atoms with Crippen LogP contribution in [0.4, 0.5) is 0 Å². The first-order valence-electron chi connectivity index (χ1n) is 10.6. The molecule has 1 aliphatic carbocycles. The van der Waals surface area contributed by atoms with Gasteiger partial charge in [-0.15, -0.1) is 0 Å². The molecule has 1 aliphatic rings. The van der Waals surface area contributed by atoms with Crippen LogP contribution >= 0.6 is 0 Å². The van der Waals surface area contributed by atoms with Gasteiger partial charge in [0.1, 0.15) is 35.4 Å². The number of rotatable bonds is 7. The third-order valence-electron chi connectivity index (χ3n) is 6.23. The summed E-state index contributed by atoms with van der Waals surface area (Å²) >= 11 is 0. The van der Waals surface area contributed by atoms with Crippen molar-refractivity contribution in [2.45, 2.75) is 38.1 Å².